The highest BCUT2D eigenvalue weighted by Crippen LogP contribution is 2.58. The van der Waals surface area contributed by atoms with E-state index in [2.05, 4.69) is 60.0 Å². The number of benzene rings is 2. The van der Waals surface area contributed by atoms with Crippen molar-refractivity contribution < 1.29 is 9.53 Å². The summed E-state index contributed by atoms with van der Waals surface area (Å²) < 4.78 is 5.33. The van der Waals surface area contributed by atoms with Gasteiger partial charge in [-0.15, -0.1) is 11.3 Å². The van der Waals surface area contributed by atoms with Crippen LogP contribution in [0.4, 0.5) is 0 Å². The van der Waals surface area contributed by atoms with E-state index in [0.29, 0.717) is 6.42 Å². The average Bonchev–Trinajstić information content (AvgIpc) is 3.25. The minimum Gasteiger partial charge on any atom is -0.468 e. The molecule has 0 radical (unpaired) electrons. The summed E-state index contributed by atoms with van der Waals surface area (Å²) in [6.07, 6.45) is 1.43. The number of esters is 1. The van der Waals surface area contributed by atoms with E-state index >= 15 is 0 Å². The fraction of sp³-hybridized carbons (Fsp3) is 0.174. The van der Waals surface area contributed by atoms with E-state index in [1.807, 2.05) is 6.07 Å². The highest BCUT2D eigenvalue weighted by atomic mass is 32.1. The first-order chi connectivity index (χ1) is 12.7. The first-order valence-corrected chi connectivity index (χ1v) is 9.66. The van der Waals surface area contributed by atoms with Crippen LogP contribution < -0.4 is 0 Å². The molecule has 2 aromatic carbocycles. The van der Waals surface area contributed by atoms with Crippen LogP contribution in [0.15, 0.2) is 66.0 Å². The van der Waals surface area contributed by atoms with Crippen molar-refractivity contribution in [1.82, 2.24) is 0 Å². The molecular weight excluding hydrogens is 340 g/mol. The monoisotopic (exact) mass is 358 g/mol. The van der Waals surface area contributed by atoms with Gasteiger partial charge in [-0.3, -0.25) is 4.79 Å². The molecule has 0 spiro atoms. The van der Waals surface area contributed by atoms with Gasteiger partial charge in [0.2, 0.25) is 0 Å². The molecule has 0 saturated carbocycles. The Bertz CT molecular complexity index is 1040. The lowest BCUT2D eigenvalue weighted by Gasteiger charge is -2.36. The summed E-state index contributed by atoms with van der Waals surface area (Å²) in [6.45, 7) is 0. The second-order valence-corrected chi connectivity index (χ2v) is 7.96. The van der Waals surface area contributed by atoms with Gasteiger partial charge in [-0.2, -0.15) is 0 Å². The number of methoxy groups -OCH3 is 1. The van der Waals surface area contributed by atoms with Crippen LogP contribution in [-0.2, 0) is 22.4 Å². The molecule has 0 N–H and O–H groups in total. The van der Waals surface area contributed by atoms with Crippen LogP contribution in [0.1, 0.15) is 27.1 Å². The quantitative estimate of drug-likeness (QED) is 0.604. The molecule has 1 atom stereocenters. The van der Waals surface area contributed by atoms with E-state index in [1.54, 1.807) is 11.3 Å². The maximum Gasteiger partial charge on any atom is 0.317 e. The van der Waals surface area contributed by atoms with E-state index in [-0.39, 0.29) is 5.97 Å². The summed E-state index contributed by atoms with van der Waals surface area (Å²) in [6, 6.07) is 21.0. The molecule has 0 aliphatic heterocycles. The molecule has 5 rings (SSSR count). The van der Waals surface area contributed by atoms with Crippen LogP contribution in [0.25, 0.3) is 11.1 Å². The van der Waals surface area contributed by atoms with Crippen molar-refractivity contribution in [3.05, 3.63) is 93.2 Å². The Morgan fingerprint density at radius 3 is 2.54 bits per heavy atom. The minimum atomic E-state index is -0.614. The lowest BCUT2D eigenvalue weighted by atomic mass is 9.67. The number of ether oxygens (including phenoxy) is 1. The Balaban J connectivity index is 1.91. The SMILES string of the molecule is COC(=O)C12Cc3ccccc3C(c3ccccc3)=C1c1ccsc1C2. The highest BCUT2D eigenvalue weighted by molar-refractivity contribution is 7.10. The summed E-state index contributed by atoms with van der Waals surface area (Å²) in [5.41, 5.74) is 6.52. The van der Waals surface area contributed by atoms with Crippen LogP contribution in [0.5, 0.6) is 0 Å². The van der Waals surface area contributed by atoms with Crippen molar-refractivity contribution >= 4 is 28.5 Å². The number of hydrogen-bond acceptors (Lipinski definition) is 3. The minimum absolute atomic E-state index is 0.126. The lowest BCUT2D eigenvalue weighted by Crippen LogP contribution is -2.37. The van der Waals surface area contributed by atoms with E-state index in [4.69, 9.17) is 4.74 Å². The first kappa shape index (κ1) is 15.6. The molecule has 2 nitrogen and oxygen atoms in total. The predicted molar refractivity (Wildman–Crippen MR) is 105 cm³/mol. The van der Waals surface area contributed by atoms with Crippen molar-refractivity contribution in [3.8, 4) is 0 Å². The smallest absolute Gasteiger partial charge is 0.317 e. The summed E-state index contributed by atoms with van der Waals surface area (Å²) >= 11 is 1.74. The Labute approximate surface area is 156 Å². The van der Waals surface area contributed by atoms with Crippen LogP contribution in [0, 0.1) is 5.41 Å². The molecule has 26 heavy (non-hydrogen) atoms. The third kappa shape index (κ3) is 2.01. The molecule has 2 aliphatic carbocycles. The zero-order valence-electron chi connectivity index (χ0n) is 14.5. The van der Waals surface area contributed by atoms with Gasteiger partial charge in [0, 0.05) is 11.3 Å². The molecule has 0 saturated heterocycles. The first-order valence-electron chi connectivity index (χ1n) is 8.78. The number of carbonyl (C=O) groups is 1. The molecule has 0 bridgehead atoms. The topological polar surface area (TPSA) is 26.3 Å². The van der Waals surface area contributed by atoms with Gasteiger partial charge in [0.25, 0.3) is 0 Å². The standard InChI is InChI=1S/C23H18O2S/c1-25-22(24)23-13-16-9-5-6-10-17(16)20(15-7-3-2-4-8-15)21(23)18-11-12-26-19(18)14-23/h2-12H,13-14H2,1H3. The highest BCUT2D eigenvalue weighted by Gasteiger charge is 2.53. The molecule has 1 unspecified atom stereocenters. The maximum absolute atomic E-state index is 13.1. The molecular formula is C23H18O2S. The zero-order valence-corrected chi connectivity index (χ0v) is 15.3. The van der Waals surface area contributed by atoms with Gasteiger partial charge in [-0.1, -0.05) is 54.6 Å². The molecule has 1 aromatic heterocycles. The maximum atomic E-state index is 13.1. The van der Waals surface area contributed by atoms with Gasteiger partial charge >= 0.3 is 5.97 Å². The average molecular weight is 358 g/mol. The van der Waals surface area contributed by atoms with Crippen molar-refractivity contribution in [2.24, 2.45) is 5.41 Å². The van der Waals surface area contributed by atoms with Gasteiger partial charge in [0.05, 0.1) is 7.11 Å². The number of rotatable bonds is 2. The Morgan fingerprint density at radius 1 is 0.962 bits per heavy atom. The Morgan fingerprint density at radius 2 is 1.73 bits per heavy atom. The summed E-state index contributed by atoms with van der Waals surface area (Å²) in [4.78, 5) is 14.4. The van der Waals surface area contributed by atoms with Gasteiger partial charge < -0.3 is 4.74 Å². The zero-order chi connectivity index (χ0) is 17.7. The van der Waals surface area contributed by atoms with Gasteiger partial charge in [0.1, 0.15) is 5.41 Å². The third-order valence-electron chi connectivity index (χ3n) is 5.62. The molecule has 0 fully saturated rings. The molecule has 2 aliphatic rings. The third-order valence-corrected chi connectivity index (χ3v) is 6.54. The number of carbonyl (C=O) groups excluding carboxylic acids is 1. The molecule has 1 heterocycles. The number of thiophene rings is 1. The van der Waals surface area contributed by atoms with Gasteiger partial charge in [-0.05, 0) is 51.3 Å². The van der Waals surface area contributed by atoms with Crippen molar-refractivity contribution in [2.45, 2.75) is 12.8 Å². The molecule has 3 heteroatoms. The number of fused-ring (bicyclic) bond motifs is 4. The summed E-state index contributed by atoms with van der Waals surface area (Å²) in [5.74, 6) is -0.126. The Kier molecular flexibility index (Phi) is 3.41. The second-order valence-electron chi connectivity index (χ2n) is 6.96. The van der Waals surface area contributed by atoms with Gasteiger partial charge in [-0.25, -0.2) is 0 Å². The van der Waals surface area contributed by atoms with Crippen molar-refractivity contribution in [3.63, 3.8) is 0 Å². The molecule has 0 amide bonds. The van der Waals surface area contributed by atoms with Crippen LogP contribution >= 0.6 is 11.3 Å². The second kappa shape index (κ2) is 5.68. The predicted octanol–water partition coefficient (Wildman–Crippen LogP) is 4.98. The molecule has 3 aromatic rings. The fourth-order valence-electron chi connectivity index (χ4n) is 4.57. The largest absolute Gasteiger partial charge is 0.468 e. The normalized spacial score (nSPS) is 20.3. The molecule has 128 valence electrons. The van der Waals surface area contributed by atoms with E-state index in [9.17, 15) is 4.79 Å². The van der Waals surface area contributed by atoms with Crippen LogP contribution in [0.3, 0.4) is 0 Å². The number of hydrogen-bond donors (Lipinski definition) is 0. The Hall–Kier alpha value is -2.65. The van der Waals surface area contributed by atoms with E-state index < -0.39 is 5.41 Å². The van der Waals surface area contributed by atoms with E-state index in [0.717, 1.165) is 17.6 Å². The lowest BCUT2D eigenvalue weighted by molar-refractivity contribution is -0.148. The van der Waals surface area contributed by atoms with Crippen LogP contribution in [0.2, 0.25) is 0 Å². The van der Waals surface area contributed by atoms with Crippen molar-refractivity contribution in [1.29, 1.82) is 0 Å². The van der Waals surface area contributed by atoms with Crippen LogP contribution in [-0.4, -0.2) is 13.1 Å². The fourth-order valence-corrected chi connectivity index (χ4v) is 5.57. The summed E-state index contributed by atoms with van der Waals surface area (Å²) in [7, 11) is 1.50. The summed E-state index contributed by atoms with van der Waals surface area (Å²) in [5, 5.41) is 2.13. The van der Waals surface area contributed by atoms with E-state index in [1.165, 1.54) is 34.3 Å². The van der Waals surface area contributed by atoms with Gasteiger partial charge in [0.15, 0.2) is 0 Å². The van der Waals surface area contributed by atoms with Crippen molar-refractivity contribution in [2.75, 3.05) is 7.11 Å².